The van der Waals surface area contributed by atoms with Gasteiger partial charge < -0.3 is 24.4 Å². The van der Waals surface area contributed by atoms with Gasteiger partial charge in [0.05, 0.1) is 12.5 Å². The number of hydrogen-bond donors (Lipinski definition) is 1. The Kier molecular flexibility index (Phi) is 5.03. The Hall–Kier alpha value is -1.79. The molecule has 2 aliphatic heterocycles. The van der Waals surface area contributed by atoms with Crippen molar-refractivity contribution in [1.29, 1.82) is 0 Å². The highest BCUT2D eigenvalue weighted by Crippen LogP contribution is 2.33. The Morgan fingerprint density at radius 1 is 1.35 bits per heavy atom. The van der Waals surface area contributed by atoms with Crippen molar-refractivity contribution in [3.8, 4) is 11.5 Å². The van der Waals surface area contributed by atoms with Crippen LogP contribution in [0.4, 0.5) is 5.69 Å². The van der Waals surface area contributed by atoms with E-state index in [2.05, 4.69) is 10.2 Å². The highest BCUT2D eigenvalue weighted by Gasteiger charge is 2.34. The van der Waals surface area contributed by atoms with Gasteiger partial charge >= 0.3 is 0 Å². The SMILES string of the molecule is COC[C@@H]1[C@H](C(=O)Nc2ccc3c(c2)OCCO3)CCCN1C. The molecule has 1 N–H and O–H groups in total. The first-order chi connectivity index (χ1) is 11.2. The molecule has 0 spiro atoms. The van der Waals surface area contributed by atoms with Crippen LogP contribution >= 0.6 is 0 Å². The number of hydrogen-bond acceptors (Lipinski definition) is 5. The van der Waals surface area contributed by atoms with E-state index >= 15 is 0 Å². The first kappa shape index (κ1) is 16.1. The molecule has 6 nitrogen and oxygen atoms in total. The lowest BCUT2D eigenvalue weighted by molar-refractivity contribution is -0.124. The van der Waals surface area contributed by atoms with Crippen LogP contribution in [0.1, 0.15) is 12.8 Å². The molecule has 1 aromatic carbocycles. The van der Waals surface area contributed by atoms with Crippen molar-refractivity contribution in [2.45, 2.75) is 18.9 Å². The van der Waals surface area contributed by atoms with E-state index < -0.39 is 0 Å². The maximum atomic E-state index is 12.7. The summed E-state index contributed by atoms with van der Waals surface area (Å²) in [6, 6.07) is 5.63. The minimum atomic E-state index is -0.0677. The summed E-state index contributed by atoms with van der Waals surface area (Å²) in [5.41, 5.74) is 0.739. The van der Waals surface area contributed by atoms with Crippen LogP contribution in [0, 0.1) is 5.92 Å². The van der Waals surface area contributed by atoms with Crippen LogP contribution in [-0.4, -0.2) is 57.4 Å². The minimum Gasteiger partial charge on any atom is -0.486 e. The van der Waals surface area contributed by atoms with Crippen molar-refractivity contribution in [2.24, 2.45) is 5.92 Å². The molecule has 0 radical (unpaired) electrons. The van der Waals surface area contributed by atoms with Gasteiger partial charge in [-0.3, -0.25) is 4.79 Å². The van der Waals surface area contributed by atoms with Crippen LogP contribution in [0.5, 0.6) is 11.5 Å². The van der Waals surface area contributed by atoms with Crippen LogP contribution in [-0.2, 0) is 9.53 Å². The molecule has 1 fully saturated rings. The second-order valence-corrected chi connectivity index (χ2v) is 6.10. The number of piperidine rings is 1. The van der Waals surface area contributed by atoms with Crippen LogP contribution in [0.25, 0.3) is 0 Å². The van der Waals surface area contributed by atoms with Gasteiger partial charge in [0.2, 0.25) is 5.91 Å². The van der Waals surface area contributed by atoms with Gasteiger partial charge in [0.15, 0.2) is 11.5 Å². The second-order valence-electron chi connectivity index (χ2n) is 6.10. The lowest BCUT2D eigenvalue weighted by Gasteiger charge is -2.37. The van der Waals surface area contributed by atoms with E-state index in [0.717, 1.165) is 30.8 Å². The molecule has 0 saturated carbocycles. The number of amides is 1. The Balaban J connectivity index is 1.70. The molecule has 126 valence electrons. The van der Waals surface area contributed by atoms with Crippen molar-refractivity contribution in [3.05, 3.63) is 18.2 Å². The fourth-order valence-corrected chi connectivity index (χ4v) is 3.30. The monoisotopic (exact) mass is 320 g/mol. The first-order valence-electron chi connectivity index (χ1n) is 8.08. The summed E-state index contributed by atoms with van der Waals surface area (Å²) >= 11 is 0. The third-order valence-corrected chi connectivity index (χ3v) is 4.54. The molecule has 3 rings (SSSR count). The van der Waals surface area contributed by atoms with Gasteiger partial charge in [-0.05, 0) is 38.6 Å². The molecule has 1 amide bonds. The zero-order valence-electron chi connectivity index (χ0n) is 13.7. The first-order valence-corrected chi connectivity index (χ1v) is 8.08. The van der Waals surface area contributed by atoms with Crippen molar-refractivity contribution >= 4 is 11.6 Å². The third kappa shape index (κ3) is 3.59. The van der Waals surface area contributed by atoms with Crippen molar-refractivity contribution in [2.75, 3.05) is 45.8 Å². The molecule has 2 aliphatic rings. The number of methoxy groups -OCH3 is 1. The zero-order valence-corrected chi connectivity index (χ0v) is 13.7. The normalized spacial score (nSPS) is 24.3. The number of rotatable bonds is 4. The molecule has 2 heterocycles. The van der Waals surface area contributed by atoms with Crippen LogP contribution in [0.3, 0.4) is 0 Å². The Morgan fingerprint density at radius 2 is 2.13 bits per heavy atom. The van der Waals surface area contributed by atoms with Crippen molar-refractivity contribution < 1.29 is 19.0 Å². The van der Waals surface area contributed by atoms with Gasteiger partial charge in [0, 0.05) is 24.9 Å². The highest BCUT2D eigenvalue weighted by atomic mass is 16.6. The summed E-state index contributed by atoms with van der Waals surface area (Å²) < 4.78 is 16.4. The maximum Gasteiger partial charge on any atom is 0.229 e. The van der Waals surface area contributed by atoms with E-state index in [1.165, 1.54) is 0 Å². The quantitative estimate of drug-likeness (QED) is 0.916. The predicted octanol–water partition coefficient (Wildman–Crippen LogP) is 1.75. The molecule has 1 saturated heterocycles. The lowest BCUT2D eigenvalue weighted by Crippen LogP contribution is -2.49. The molecule has 6 heteroatoms. The Labute approximate surface area is 136 Å². The molecule has 23 heavy (non-hydrogen) atoms. The van der Waals surface area contributed by atoms with E-state index in [1.807, 2.05) is 25.2 Å². The van der Waals surface area contributed by atoms with Gasteiger partial charge in [-0.2, -0.15) is 0 Å². The van der Waals surface area contributed by atoms with Gasteiger partial charge in [0.25, 0.3) is 0 Å². The Morgan fingerprint density at radius 3 is 2.91 bits per heavy atom. The fourth-order valence-electron chi connectivity index (χ4n) is 3.30. The molecule has 1 aromatic rings. The predicted molar refractivity (Wildman–Crippen MR) is 87.1 cm³/mol. The van der Waals surface area contributed by atoms with Gasteiger partial charge in [-0.1, -0.05) is 0 Å². The smallest absolute Gasteiger partial charge is 0.229 e. The lowest BCUT2D eigenvalue weighted by atomic mass is 9.89. The van der Waals surface area contributed by atoms with E-state index in [1.54, 1.807) is 7.11 Å². The number of carbonyl (C=O) groups is 1. The van der Waals surface area contributed by atoms with Crippen LogP contribution in [0.15, 0.2) is 18.2 Å². The standard InChI is InChI=1S/C17H24N2O4/c1-19-7-3-4-13(14(19)11-21-2)17(20)18-12-5-6-15-16(10-12)23-9-8-22-15/h5-6,10,13-14H,3-4,7-9,11H2,1-2H3,(H,18,20)/t13-,14-/m1/s1. The summed E-state index contributed by atoms with van der Waals surface area (Å²) in [6.07, 6.45) is 1.91. The van der Waals surface area contributed by atoms with Crippen molar-refractivity contribution in [1.82, 2.24) is 4.90 Å². The number of anilines is 1. The Bertz CT molecular complexity index is 564. The number of ether oxygens (including phenoxy) is 3. The number of likely N-dealkylation sites (tertiary alicyclic amines) is 1. The van der Waals surface area contributed by atoms with E-state index in [-0.39, 0.29) is 17.9 Å². The minimum absolute atomic E-state index is 0.0373. The fraction of sp³-hybridized carbons (Fsp3) is 0.588. The number of carbonyl (C=O) groups excluding carboxylic acids is 1. The van der Waals surface area contributed by atoms with Crippen LogP contribution < -0.4 is 14.8 Å². The van der Waals surface area contributed by atoms with E-state index in [4.69, 9.17) is 14.2 Å². The summed E-state index contributed by atoms with van der Waals surface area (Å²) in [5, 5.41) is 3.01. The number of nitrogens with zero attached hydrogens (tertiary/aromatic N) is 1. The maximum absolute atomic E-state index is 12.7. The largest absolute Gasteiger partial charge is 0.486 e. The van der Waals surface area contributed by atoms with Gasteiger partial charge in [-0.15, -0.1) is 0 Å². The number of likely N-dealkylation sites (N-methyl/N-ethyl adjacent to an activating group) is 1. The molecule has 0 aliphatic carbocycles. The molecular formula is C17H24N2O4. The average molecular weight is 320 g/mol. The zero-order chi connectivity index (χ0) is 16.2. The topological polar surface area (TPSA) is 60.0 Å². The molecule has 0 bridgehead atoms. The van der Waals surface area contributed by atoms with E-state index in [0.29, 0.717) is 25.6 Å². The van der Waals surface area contributed by atoms with E-state index in [9.17, 15) is 4.79 Å². The number of nitrogens with one attached hydrogen (secondary N) is 1. The summed E-state index contributed by atoms with van der Waals surface area (Å²) in [7, 11) is 3.73. The number of fused-ring (bicyclic) bond motifs is 1. The molecule has 2 atom stereocenters. The second kappa shape index (κ2) is 7.19. The molecule has 0 aromatic heterocycles. The third-order valence-electron chi connectivity index (χ3n) is 4.54. The average Bonchev–Trinajstić information content (AvgIpc) is 2.56. The van der Waals surface area contributed by atoms with Crippen molar-refractivity contribution in [3.63, 3.8) is 0 Å². The number of benzene rings is 1. The summed E-state index contributed by atoms with van der Waals surface area (Å²) in [5.74, 6) is 1.38. The van der Waals surface area contributed by atoms with Crippen LogP contribution in [0.2, 0.25) is 0 Å². The summed E-state index contributed by atoms with van der Waals surface area (Å²) in [6.45, 7) is 2.66. The molecular weight excluding hydrogens is 296 g/mol. The van der Waals surface area contributed by atoms with Gasteiger partial charge in [0.1, 0.15) is 13.2 Å². The summed E-state index contributed by atoms with van der Waals surface area (Å²) in [4.78, 5) is 14.9. The van der Waals surface area contributed by atoms with Gasteiger partial charge in [-0.25, -0.2) is 0 Å². The molecule has 0 unspecified atom stereocenters. The highest BCUT2D eigenvalue weighted by molar-refractivity contribution is 5.93.